The van der Waals surface area contributed by atoms with Gasteiger partial charge in [0.15, 0.2) is 0 Å². The number of carboxylic acids is 1. The highest BCUT2D eigenvalue weighted by molar-refractivity contribution is 5.96. The quantitative estimate of drug-likeness (QED) is 0.714. The fourth-order valence-corrected chi connectivity index (χ4v) is 2.14. The van der Waals surface area contributed by atoms with Crippen LogP contribution in [0.15, 0.2) is 48.5 Å². The number of aliphatic carboxylic acids is 1. The molecule has 0 bridgehead atoms. The molecule has 4 N–H and O–H groups in total. The zero-order chi connectivity index (χ0) is 15.9. The highest BCUT2D eigenvalue weighted by Crippen LogP contribution is 2.30. The molecular formula is C17H18N2O3. The molecule has 1 amide bonds. The Morgan fingerprint density at radius 2 is 1.77 bits per heavy atom. The summed E-state index contributed by atoms with van der Waals surface area (Å²) in [5.74, 6) is -1.10. The first-order chi connectivity index (χ1) is 10.6. The number of hydrogen-bond acceptors (Lipinski definition) is 3. The third kappa shape index (κ3) is 4.34. The van der Waals surface area contributed by atoms with Crippen LogP contribution in [0.1, 0.15) is 19.3 Å². The van der Waals surface area contributed by atoms with E-state index < -0.39 is 5.97 Å². The lowest BCUT2D eigenvalue weighted by atomic mass is 10.0. The Hall–Kier alpha value is -2.82. The van der Waals surface area contributed by atoms with Gasteiger partial charge >= 0.3 is 5.97 Å². The summed E-state index contributed by atoms with van der Waals surface area (Å²) in [7, 11) is 0. The summed E-state index contributed by atoms with van der Waals surface area (Å²) in [6, 6.07) is 14.9. The lowest BCUT2D eigenvalue weighted by Crippen LogP contribution is -2.12. The summed E-state index contributed by atoms with van der Waals surface area (Å²) in [5.41, 5.74) is 8.91. The summed E-state index contributed by atoms with van der Waals surface area (Å²) in [6.07, 6.45) is 0.475. The molecule has 0 aromatic heterocycles. The van der Waals surface area contributed by atoms with Crippen molar-refractivity contribution >= 4 is 23.3 Å². The van der Waals surface area contributed by atoms with Crippen LogP contribution in [0.3, 0.4) is 0 Å². The van der Waals surface area contributed by atoms with Gasteiger partial charge in [-0.05, 0) is 30.2 Å². The normalized spacial score (nSPS) is 10.2. The van der Waals surface area contributed by atoms with Crippen LogP contribution in [-0.2, 0) is 9.59 Å². The van der Waals surface area contributed by atoms with E-state index in [9.17, 15) is 9.59 Å². The molecule has 114 valence electrons. The summed E-state index contributed by atoms with van der Waals surface area (Å²) in [5, 5.41) is 11.4. The Morgan fingerprint density at radius 1 is 1.05 bits per heavy atom. The van der Waals surface area contributed by atoms with Crippen molar-refractivity contribution in [2.45, 2.75) is 19.3 Å². The van der Waals surface area contributed by atoms with Crippen molar-refractivity contribution in [3.63, 3.8) is 0 Å². The van der Waals surface area contributed by atoms with Gasteiger partial charge in [0, 0.05) is 29.8 Å². The van der Waals surface area contributed by atoms with E-state index in [2.05, 4.69) is 5.32 Å². The number of amides is 1. The van der Waals surface area contributed by atoms with Crippen LogP contribution >= 0.6 is 0 Å². The number of nitrogen functional groups attached to an aromatic ring is 1. The molecule has 0 unspecified atom stereocenters. The fourth-order valence-electron chi connectivity index (χ4n) is 2.14. The average Bonchev–Trinajstić information content (AvgIpc) is 2.49. The number of rotatable bonds is 6. The second-order valence-electron chi connectivity index (χ2n) is 4.97. The van der Waals surface area contributed by atoms with Gasteiger partial charge in [-0.1, -0.05) is 30.3 Å². The number of nitrogens with one attached hydrogen (secondary N) is 1. The number of hydrogen-bond donors (Lipinski definition) is 3. The van der Waals surface area contributed by atoms with E-state index in [-0.39, 0.29) is 18.7 Å². The minimum atomic E-state index is -0.898. The Morgan fingerprint density at radius 3 is 2.45 bits per heavy atom. The molecule has 0 fully saturated rings. The van der Waals surface area contributed by atoms with Gasteiger partial charge in [0.2, 0.25) is 5.91 Å². The van der Waals surface area contributed by atoms with Crippen LogP contribution in [0.5, 0.6) is 0 Å². The Balaban J connectivity index is 2.14. The van der Waals surface area contributed by atoms with E-state index >= 15 is 0 Å². The number of benzene rings is 2. The molecule has 0 spiro atoms. The van der Waals surface area contributed by atoms with Crippen molar-refractivity contribution in [1.29, 1.82) is 0 Å². The van der Waals surface area contributed by atoms with Crippen LogP contribution in [0, 0.1) is 0 Å². The molecule has 5 nitrogen and oxygen atoms in total. The molecular weight excluding hydrogens is 280 g/mol. The summed E-state index contributed by atoms with van der Waals surface area (Å²) in [4.78, 5) is 22.4. The highest BCUT2D eigenvalue weighted by Gasteiger charge is 2.10. The maximum atomic E-state index is 11.9. The van der Waals surface area contributed by atoms with Crippen molar-refractivity contribution < 1.29 is 14.7 Å². The molecule has 2 aromatic rings. The highest BCUT2D eigenvalue weighted by atomic mass is 16.4. The van der Waals surface area contributed by atoms with E-state index in [4.69, 9.17) is 10.8 Å². The van der Waals surface area contributed by atoms with Crippen LogP contribution in [0.25, 0.3) is 11.1 Å². The molecule has 5 heteroatoms. The smallest absolute Gasteiger partial charge is 0.303 e. The molecule has 0 atom stereocenters. The maximum absolute atomic E-state index is 11.9. The van der Waals surface area contributed by atoms with Crippen molar-refractivity contribution in [3.8, 4) is 11.1 Å². The first kappa shape index (κ1) is 15.6. The van der Waals surface area contributed by atoms with Crippen molar-refractivity contribution in [3.05, 3.63) is 48.5 Å². The number of carbonyl (C=O) groups excluding carboxylic acids is 1. The maximum Gasteiger partial charge on any atom is 0.303 e. The molecule has 2 rings (SSSR count). The Labute approximate surface area is 128 Å². The van der Waals surface area contributed by atoms with Gasteiger partial charge in [-0.15, -0.1) is 0 Å². The molecule has 0 aliphatic carbocycles. The molecule has 0 heterocycles. The van der Waals surface area contributed by atoms with Crippen LogP contribution < -0.4 is 11.1 Å². The van der Waals surface area contributed by atoms with Gasteiger partial charge in [0.25, 0.3) is 0 Å². The fraction of sp³-hybridized carbons (Fsp3) is 0.176. The summed E-state index contributed by atoms with van der Waals surface area (Å²) in [6.45, 7) is 0. The third-order valence-electron chi connectivity index (χ3n) is 3.20. The van der Waals surface area contributed by atoms with Crippen molar-refractivity contribution in [1.82, 2.24) is 0 Å². The van der Waals surface area contributed by atoms with E-state index in [1.54, 1.807) is 12.1 Å². The molecule has 0 aliphatic rings. The predicted octanol–water partition coefficient (Wildman–Crippen LogP) is 3.13. The SMILES string of the molecule is Nc1ccc(NC(=O)CCCC(=O)O)c(-c2ccccc2)c1. The van der Waals surface area contributed by atoms with Crippen LogP contribution in [-0.4, -0.2) is 17.0 Å². The lowest BCUT2D eigenvalue weighted by molar-refractivity contribution is -0.137. The number of anilines is 2. The van der Waals surface area contributed by atoms with E-state index in [0.29, 0.717) is 17.8 Å². The second kappa shape index (κ2) is 7.26. The van der Waals surface area contributed by atoms with Crippen molar-refractivity contribution in [2.24, 2.45) is 0 Å². The average molecular weight is 298 g/mol. The zero-order valence-corrected chi connectivity index (χ0v) is 12.1. The number of nitrogens with two attached hydrogens (primary N) is 1. The van der Waals surface area contributed by atoms with E-state index in [1.165, 1.54) is 0 Å². The van der Waals surface area contributed by atoms with Crippen molar-refractivity contribution in [2.75, 3.05) is 11.1 Å². The van der Waals surface area contributed by atoms with E-state index in [0.717, 1.165) is 11.1 Å². The third-order valence-corrected chi connectivity index (χ3v) is 3.20. The summed E-state index contributed by atoms with van der Waals surface area (Å²) >= 11 is 0. The monoisotopic (exact) mass is 298 g/mol. The predicted molar refractivity (Wildman–Crippen MR) is 86.4 cm³/mol. The van der Waals surface area contributed by atoms with Gasteiger partial charge in [-0.3, -0.25) is 9.59 Å². The standard InChI is InChI=1S/C17H18N2O3/c18-13-9-10-15(19-16(20)7-4-8-17(21)22)14(11-13)12-5-2-1-3-6-12/h1-3,5-6,9-11H,4,7-8,18H2,(H,19,20)(H,21,22). The van der Waals surface area contributed by atoms with E-state index in [1.807, 2.05) is 36.4 Å². The first-order valence-corrected chi connectivity index (χ1v) is 7.03. The summed E-state index contributed by atoms with van der Waals surface area (Å²) < 4.78 is 0. The topological polar surface area (TPSA) is 92.4 Å². The number of carboxylic acid groups (broad SMARTS) is 1. The van der Waals surface area contributed by atoms with Crippen LogP contribution in [0.2, 0.25) is 0 Å². The lowest BCUT2D eigenvalue weighted by Gasteiger charge is -2.12. The zero-order valence-electron chi connectivity index (χ0n) is 12.1. The first-order valence-electron chi connectivity index (χ1n) is 7.03. The number of carbonyl (C=O) groups is 2. The molecule has 0 saturated heterocycles. The van der Waals surface area contributed by atoms with Gasteiger partial charge < -0.3 is 16.2 Å². The van der Waals surface area contributed by atoms with Gasteiger partial charge in [-0.2, -0.15) is 0 Å². The second-order valence-corrected chi connectivity index (χ2v) is 4.97. The molecule has 0 aliphatic heterocycles. The largest absolute Gasteiger partial charge is 0.481 e. The Bertz CT molecular complexity index is 669. The molecule has 22 heavy (non-hydrogen) atoms. The molecule has 0 saturated carbocycles. The minimum absolute atomic E-state index is 0.0132. The molecule has 2 aromatic carbocycles. The van der Waals surface area contributed by atoms with Gasteiger partial charge in [-0.25, -0.2) is 0 Å². The minimum Gasteiger partial charge on any atom is -0.481 e. The van der Waals surface area contributed by atoms with Crippen LogP contribution in [0.4, 0.5) is 11.4 Å². The van der Waals surface area contributed by atoms with Gasteiger partial charge in [0.05, 0.1) is 0 Å². The Kier molecular flexibility index (Phi) is 5.14. The van der Waals surface area contributed by atoms with Gasteiger partial charge in [0.1, 0.15) is 0 Å². The molecule has 0 radical (unpaired) electrons.